The number of phenols is 1. The number of hydrogen-bond donors (Lipinski definition) is 2. The summed E-state index contributed by atoms with van der Waals surface area (Å²) in [4.78, 5) is 12.2. The number of rotatable bonds is 5. The molecule has 0 fully saturated rings. The van der Waals surface area contributed by atoms with Gasteiger partial charge >= 0.3 is 5.97 Å². The quantitative estimate of drug-likeness (QED) is 0.467. The topological polar surface area (TPSA) is 71.7 Å². The van der Waals surface area contributed by atoms with Crippen LogP contribution in [-0.2, 0) is 6.54 Å². The lowest BCUT2D eigenvalue weighted by Gasteiger charge is -2.10. The smallest absolute Gasteiger partial charge is 0.356 e. The molecule has 4 aromatic rings. The highest BCUT2D eigenvalue weighted by Crippen LogP contribution is 2.38. The summed E-state index contributed by atoms with van der Waals surface area (Å²) in [6.07, 6.45) is 0. The minimum Gasteiger partial charge on any atom is -0.508 e. The molecule has 3 aromatic carbocycles. The van der Waals surface area contributed by atoms with Gasteiger partial charge in [0, 0.05) is 17.0 Å². The second kappa shape index (κ2) is 7.29. The van der Waals surface area contributed by atoms with Crippen molar-refractivity contribution in [2.75, 3.05) is 0 Å². The first-order valence-electron chi connectivity index (χ1n) is 8.59. The zero-order valence-corrected chi connectivity index (χ0v) is 15.4. The van der Waals surface area contributed by atoms with E-state index in [0.717, 1.165) is 5.56 Å². The average Bonchev–Trinajstić information content (AvgIpc) is 2.97. The molecule has 6 heteroatoms. The summed E-state index contributed by atoms with van der Waals surface area (Å²) in [5.41, 5.74) is 1.58. The summed E-state index contributed by atoms with van der Waals surface area (Å²) in [5, 5.41) is 20.6. The molecule has 0 amide bonds. The molecular formula is C22H16ClNO4. The van der Waals surface area contributed by atoms with Crippen molar-refractivity contribution >= 4 is 28.5 Å². The number of ether oxygens (including phenoxy) is 1. The van der Waals surface area contributed by atoms with Crippen molar-refractivity contribution < 1.29 is 19.7 Å². The maximum atomic E-state index is 12.2. The third-order valence-corrected chi connectivity index (χ3v) is 4.66. The average molecular weight is 394 g/mol. The minimum absolute atomic E-state index is 0.0363. The number of benzene rings is 3. The van der Waals surface area contributed by atoms with Gasteiger partial charge in [-0.05, 0) is 48.0 Å². The Labute approximate surface area is 166 Å². The molecule has 1 heterocycles. The van der Waals surface area contributed by atoms with Crippen LogP contribution in [0.25, 0.3) is 10.9 Å². The van der Waals surface area contributed by atoms with Crippen LogP contribution in [0, 0.1) is 0 Å². The number of carboxylic acids is 1. The van der Waals surface area contributed by atoms with Gasteiger partial charge in [0.15, 0.2) is 11.4 Å². The van der Waals surface area contributed by atoms with Gasteiger partial charge in [0.05, 0.1) is 5.52 Å². The molecule has 0 spiro atoms. The van der Waals surface area contributed by atoms with E-state index in [4.69, 9.17) is 16.3 Å². The van der Waals surface area contributed by atoms with Crippen LogP contribution in [0.4, 0.5) is 0 Å². The fourth-order valence-corrected chi connectivity index (χ4v) is 3.34. The first-order chi connectivity index (χ1) is 13.5. The second-order valence-corrected chi connectivity index (χ2v) is 6.75. The molecular weight excluding hydrogens is 378 g/mol. The number of halogens is 1. The van der Waals surface area contributed by atoms with Crippen LogP contribution in [-0.4, -0.2) is 20.7 Å². The Morgan fingerprint density at radius 2 is 1.71 bits per heavy atom. The normalized spacial score (nSPS) is 10.9. The van der Waals surface area contributed by atoms with E-state index in [1.54, 1.807) is 59.2 Å². The first kappa shape index (κ1) is 17.9. The van der Waals surface area contributed by atoms with Gasteiger partial charge < -0.3 is 19.5 Å². The number of phenolic OH excluding ortho intramolecular Hbond substituents is 1. The Bertz CT molecular complexity index is 1150. The molecule has 5 nitrogen and oxygen atoms in total. The predicted molar refractivity (Wildman–Crippen MR) is 108 cm³/mol. The molecule has 2 N–H and O–H groups in total. The number of fused-ring (bicyclic) bond motifs is 1. The monoisotopic (exact) mass is 393 g/mol. The van der Waals surface area contributed by atoms with Crippen LogP contribution in [0.1, 0.15) is 16.1 Å². The molecule has 0 aliphatic rings. The molecule has 1 aromatic heterocycles. The van der Waals surface area contributed by atoms with Gasteiger partial charge in [-0.3, -0.25) is 0 Å². The highest BCUT2D eigenvalue weighted by molar-refractivity contribution is 6.31. The first-order valence-corrected chi connectivity index (χ1v) is 8.96. The number of carbonyl (C=O) groups is 1. The Morgan fingerprint density at radius 3 is 2.39 bits per heavy atom. The number of aromatic nitrogens is 1. The Hall–Kier alpha value is -3.44. The third-order valence-electron chi connectivity index (χ3n) is 4.42. The summed E-state index contributed by atoms with van der Waals surface area (Å²) >= 11 is 6.17. The van der Waals surface area contributed by atoms with E-state index >= 15 is 0 Å². The molecule has 0 bridgehead atoms. The maximum absolute atomic E-state index is 12.2. The van der Waals surface area contributed by atoms with Crippen molar-refractivity contribution in [3.63, 3.8) is 0 Å². The zero-order valence-electron chi connectivity index (χ0n) is 14.7. The predicted octanol–water partition coefficient (Wildman–Crippen LogP) is 5.54. The zero-order chi connectivity index (χ0) is 19.7. The van der Waals surface area contributed by atoms with Gasteiger partial charge in [0.1, 0.15) is 11.5 Å². The highest BCUT2D eigenvalue weighted by Gasteiger charge is 2.25. The molecule has 0 aliphatic heterocycles. The summed E-state index contributed by atoms with van der Waals surface area (Å²) in [5.74, 6) is -0.167. The lowest BCUT2D eigenvalue weighted by Crippen LogP contribution is -2.10. The summed E-state index contributed by atoms with van der Waals surface area (Å²) in [6, 6.07) is 20.9. The van der Waals surface area contributed by atoms with Gasteiger partial charge in [-0.1, -0.05) is 41.9 Å². The van der Waals surface area contributed by atoms with Crippen LogP contribution < -0.4 is 4.74 Å². The highest BCUT2D eigenvalue weighted by atomic mass is 35.5. The van der Waals surface area contributed by atoms with E-state index < -0.39 is 5.97 Å². The van der Waals surface area contributed by atoms with Crippen molar-refractivity contribution in [3.05, 3.63) is 89.1 Å². The SMILES string of the molecule is O=C(O)c1c(Oc2ccccc2)c2cc(Cl)ccc2n1Cc1ccc(O)cc1. The van der Waals surface area contributed by atoms with E-state index in [-0.39, 0.29) is 17.2 Å². The third kappa shape index (κ3) is 3.40. The number of carboxylic acid groups (broad SMARTS) is 1. The van der Waals surface area contributed by atoms with Gasteiger partial charge in [-0.25, -0.2) is 4.79 Å². The summed E-state index contributed by atoms with van der Waals surface area (Å²) in [6.45, 7) is 0.304. The molecule has 0 unspecified atom stereocenters. The molecule has 0 saturated heterocycles. The van der Waals surface area contributed by atoms with Gasteiger partial charge in [0.2, 0.25) is 0 Å². The molecule has 140 valence electrons. The van der Waals surface area contributed by atoms with Crippen molar-refractivity contribution in [3.8, 4) is 17.2 Å². The van der Waals surface area contributed by atoms with Gasteiger partial charge in [-0.2, -0.15) is 0 Å². The van der Waals surface area contributed by atoms with E-state index in [1.807, 2.05) is 18.2 Å². The Balaban J connectivity index is 1.91. The fourth-order valence-electron chi connectivity index (χ4n) is 3.17. The minimum atomic E-state index is -1.10. The summed E-state index contributed by atoms with van der Waals surface area (Å²) < 4.78 is 7.66. The number of aromatic carboxylic acids is 1. The number of aromatic hydroxyl groups is 1. The molecule has 0 atom stereocenters. The molecule has 0 aliphatic carbocycles. The second-order valence-electron chi connectivity index (χ2n) is 6.31. The largest absolute Gasteiger partial charge is 0.508 e. The molecule has 0 radical (unpaired) electrons. The standard InChI is InChI=1S/C22H16ClNO4/c23-15-8-11-19-18(12-15)21(28-17-4-2-1-3-5-17)20(22(26)27)24(19)13-14-6-9-16(25)10-7-14/h1-12,25H,13H2,(H,26,27). The van der Waals surface area contributed by atoms with E-state index in [1.165, 1.54) is 0 Å². The van der Waals surface area contributed by atoms with Crippen molar-refractivity contribution in [1.29, 1.82) is 0 Å². The van der Waals surface area contributed by atoms with Crippen LogP contribution in [0.5, 0.6) is 17.2 Å². The molecule has 0 saturated carbocycles. The van der Waals surface area contributed by atoms with E-state index in [0.29, 0.717) is 28.2 Å². The van der Waals surface area contributed by atoms with Gasteiger partial charge in [-0.15, -0.1) is 0 Å². The van der Waals surface area contributed by atoms with Crippen LogP contribution in [0.15, 0.2) is 72.8 Å². The lowest BCUT2D eigenvalue weighted by atomic mass is 10.2. The summed E-state index contributed by atoms with van der Waals surface area (Å²) in [7, 11) is 0. The van der Waals surface area contributed by atoms with Crippen molar-refractivity contribution in [1.82, 2.24) is 4.57 Å². The number of para-hydroxylation sites is 1. The Morgan fingerprint density at radius 1 is 1.00 bits per heavy atom. The van der Waals surface area contributed by atoms with Gasteiger partial charge in [0.25, 0.3) is 0 Å². The van der Waals surface area contributed by atoms with E-state index in [2.05, 4.69) is 0 Å². The van der Waals surface area contributed by atoms with Crippen molar-refractivity contribution in [2.45, 2.75) is 6.54 Å². The molecule has 4 rings (SSSR count). The maximum Gasteiger partial charge on any atom is 0.356 e. The van der Waals surface area contributed by atoms with Crippen molar-refractivity contribution in [2.24, 2.45) is 0 Å². The van der Waals surface area contributed by atoms with E-state index in [9.17, 15) is 15.0 Å². The molecule has 28 heavy (non-hydrogen) atoms. The number of nitrogens with zero attached hydrogens (tertiary/aromatic N) is 1. The Kier molecular flexibility index (Phi) is 4.67. The van der Waals surface area contributed by atoms with Crippen LogP contribution in [0.2, 0.25) is 5.02 Å². The fraction of sp³-hybridized carbons (Fsp3) is 0.0455. The number of hydrogen-bond acceptors (Lipinski definition) is 3. The van der Waals surface area contributed by atoms with Crippen LogP contribution in [0.3, 0.4) is 0 Å². The van der Waals surface area contributed by atoms with Crippen LogP contribution >= 0.6 is 11.6 Å². The lowest BCUT2D eigenvalue weighted by molar-refractivity contribution is 0.0683.